The van der Waals surface area contributed by atoms with Crippen LogP contribution in [0, 0.1) is 6.92 Å². The molecule has 0 radical (unpaired) electrons. The molecule has 2 heteroatoms. The summed E-state index contributed by atoms with van der Waals surface area (Å²) >= 11 is 0. The summed E-state index contributed by atoms with van der Waals surface area (Å²) in [6.45, 7) is 7.19. The minimum Gasteiger partial charge on any atom is -0.490 e. The van der Waals surface area contributed by atoms with Crippen molar-refractivity contribution in [3.05, 3.63) is 23.8 Å². The Morgan fingerprint density at radius 2 is 2.31 bits per heavy atom. The van der Waals surface area contributed by atoms with Crippen molar-refractivity contribution in [1.29, 1.82) is 0 Å². The molecular weight excluding hydrogens is 162 g/mol. The number of hydrogen-bond acceptors (Lipinski definition) is 2. The first-order chi connectivity index (χ1) is 6.33. The quantitative estimate of drug-likeness (QED) is 0.652. The predicted octanol–water partition coefficient (Wildman–Crippen LogP) is 2.21. The van der Waals surface area contributed by atoms with Crippen LogP contribution in [0.4, 0.5) is 5.69 Å². The monoisotopic (exact) mass is 177 g/mol. The largest absolute Gasteiger partial charge is 0.490 e. The summed E-state index contributed by atoms with van der Waals surface area (Å²) in [6, 6.07) is 6.23. The number of para-hydroxylation sites is 1. The molecule has 0 N–H and O–H groups in total. The Bertz CT molecular complexity index is 309. The summed E-state index contributed by atoms with van der Waals surface area (Å²) < 4.78 is 5.59. The van der Waals surface area contributed by atoms with Crippen LogP contribution >= 0.6 is 0 Å². The Morgan fingerprint density at radius 1 is 1.46 bits per heavy atom. The van der Waals surface area contributed by atoms with Gasteiger partial charge in [-0.2, -0.15) is 0 Å². The molecule has 0 saturated heterocycles. The molecule has 1 aromatic carbocycles. The first-order valence-corrected chi connectivity index (χ1v) is 4.80. The zero-order valence-electron chi connectivity index (χ0n) is 8.21. The number of benzene rings is 1. The highest BCUT2D eigenvalue weighted by atomic mass is 16.5. The molecule has 1 aromatic rings. The van der Waals surface area contributed by atoms with E-state index in [0.29, 0.717) is 0 Å². The maximum Gasteiger partial charge on any atom is 0.142 e. The fourth-order valence-electron chi connectivity index (χ4n) is 1.85. The Kier molecular flexibility index (Phi) is 2.13. The van der Waals surface area contributed by atoms with E-state index in [9.17, 15) is 0 Å². The number of ether oxygens (including phenoxy) is 1. The third-order valence-electron chi connectivity index (χ3n) is 2.52. The van der Waals surface area contributed by atoms with Gasteiger partial charge < -0.3 is 9.64 Å². The fraction of sp³-hybridized carbons (Fsp3) is 0.455. The Labute approximate surface area is 79.1 Å². The van der Waals surface area contributed by atoms with Crippen LogP contribution in [-0.2, 0) is 0 Å². The SMILES string of the molecule is CCN1CCOc2cccc(C)c21. The number of anilines is 1. The molecule has 2 rings (SSSR count). The van der Waals surface area contributed by atoms with Gasteiger partial charge in [0.1, 0.15) is 12.4 Å². The molecule has 0 unspecified atom stereocenters. The maximum atomic E-state index is 5.59. The second-order valence-corrected chi connectivity index (χ2v) is 3.35. The molecule has 0 atom stereocenters. The Balaban J connectivity index is 2.47. The second-order valence-electron chi connectivity index (χ2n) is 3.35. The van der Waals surface area contributed by atoms with Gasteiger partial charge in [-0.25, -0.2) is 0 Å². The van der Waals surface area contributed by atoms with Gasteiger partial charge >= 0.3 is 0 Å². The molecule has 0 saturated carbocycles. The molecule has 0 fully saturated rings. The van der Waals surface area contributed by atoms with Crippen LogP contribution in [0.3, 0.4) is 0 Å². The number of hydrogen-bond donors (Lipinski definition) is 0. The van der Waals surface area contributed by atoms with E-state index in [2.05, 4.69) is 24.8 Å². The van der Waals surface area contributed by atoms with Gasteiger partial charge in [-0.3, -0.25) is 0 Å². The first kappa shape index (κ1) is 8.42. The number of nitrogens with zero attached hydrogens (tertiary/aromatic N) is 1. The van der Waals surface area contributed by atoms with Gasteiger partial charge in [0, 0.05) is 6.54 Å². The molecule has 1 aliphatic heterocycles. The molecule has 0 aromatic heterocycles. The third-order valence-corrected chi connectivity index (χ3v) is 2.52. The van der Waals surface area contributed by atoms with Gasteiger partial charge in [0.05, 0.1) is 12.2 Å². The van der Waals surface area contributed by atoms with Crippen molar-refractivity contribution in [3.63, 3.8) is 0 Å². The first-order valence-electron chi connectivity index (χ1n) is 4.80. The van der Waals surface area contributed by atoms with E-state index in [1.54, 1.807) is 0 Å². The van der Waals surface area contributed by atoms with Gasteiger partial charge in [-0.15, -0.1) is 0 Å². The summed E-state index contributed by atoms with van der Waals surface area (Å²) in [5, 5.41) is 0. The number of aryl methyl sites for hydroxylation is 1. The molecule has 1 heterocycles. The number of likely N-dealkylation sites (N-methyl/N-ethyl adjacent to an activating group) is 1. The zero-order chi connectivity index (χ0) is 9.26. The van der Waals surface area contributed by atoms with Gasteiger partial charge in [-0.05, 0) is 25.5 Å². The van der Waals surface area contributed by atoms with Crippen LogP contribution < -0.4 is 9.64 Å². The molecular formula is C11H15NO. The summed E-state index contributed by atoms with van der Waals surface area (Å²) in [4.78, 5) is 2.37. The van der Waals surface area contributed by atoms with Crippen LogP contribution in [0.1, 0.15) is 12.5 Å². The molecule has 13 heavy (non-hydrogen) atoms. The molecule has 0 aliphatic carbocycles. The average molecular weight is 177 g/mol. The smallest absolute Gasteiger partial charge is 0.142 e. The molecule has 0 amide bonds. The van der Waals surface area contributed by atoms with Crippen LogP contribution in [0.2, 0.25) is 0 Å². The van der Waals surface area contributed by atoms with Gasteiger partial charge in [0.15, 0.2) is 0 Å². The van der Waals surface area contributed by atoms with Crippen LogP contribution in [0.25, 0.3) is 0 Å². The lowest BCUT2D eigenvalue weighted by Gasteiger charge is -2.31. The van der Waals surface area contributed by atoms with Crippen LogP contribution in [0.15, 0.2) is 18.2 Å². The Hall–Kier alpha value is -1.18. The molecule has 1 aliphatic rings. The number of fused-ring (bicyclic) bond motifs is 1. The molecule has 2 nitrogen and oxygen atoms in total. The summed E-state index contributed by atoms with van der Waals surface area (Å²) in [5.41, 5.74) is 2.58. The lowest BCUT2D eigenvalue weighted by molar-refractivity contribution is 0.308. The van der Waals surface area contributed by atoms with Crippen molar-refractivity contribution in [2.24, 2.45) is 0 Å². The van der Waals surface area contributed by atoms with Gasteiger partial charge in [0.2, 0.25) is 0 Å². The lowest BCUT2D eigenvalue weighted by atomic mass is 10.1. The summed E-state index contributed by atoms with van der Waals surface area (Å²) in [5.74, 6) is 1.04. The summed E-state index contributed by atoms with van der Waals surface area (Å²) in [6.07, 6.45) is 0. The fourth-order valence-corrected chi connectivity index (χ4v) is 1.85. The summed E-state index contributed by atoms with van der Waals surface area (Å²) in [7, 11) is 0. The minimum absolute atomic E-state index is 0.810. The van der Waals surface area contributed by atoms with E-state index in [1.807, 2.05) is 12.1 Å². The van der Waals surface area contributed by atoms with E-state index < -0.39 is 0 Å². The number of rotatable bonds is 1. The van der Waals surface area contributed by atoms with Crippen molar-refractivity contribution in [2.75, 3.05) is 24.6 Å². The highest BCUT2D eigenvalue weighted by Crippen LogP contribution is 2.33. The molecule has 0 bridgehead atoms. The molecule has 0 spiro atoms. The minimum atomic E-state index is 0.810. The van der Waals surface area contributed by atoms with Crippen LogP contribution in [0.5, 0.6) is 5.75 Å². The van der Waals surface area contributed by atoms with Crippen LogP contribution in [-0.4, -0.2) is 19.7 Å². The second kappa shape index (κ2) is 3.29. The Morgan fingerprint density at radius 3 is 3.08 bits per heavy atom. The van der Waals surface area contributed by atoms with Crippen molar-refractivity contribution in [3.8, 4) is 5.75 Å². The average Bonchev–Trinajstić information content (AvgIpc) is 2.17. The van der Waals surface area contributed by atoms with E-state index >= 15 is 0 Å². The van der Waals surface area contributed by atoms with E-state index in [4.69, 9.17) is 4.74 Å². The highest BCUT2D eigenvalue weighted by Gasteiger charge is 2.17. The standard InChI is InChI=1S/C11H15NO/c1-3-12-7-8-13-10-6-4-5-9(2)11(10)12/h4-6H,3,7-8H2,1-2H3. The van der Waals surface area contributed by atoms with Crippen molar-refractivity contribution < 1.29 is 4.74 Å². The molecule has 70 valence electrons. The van der Waals surface area contributed by atoms with Crippen molar-refractivity contribution >= 4 is 5.69 Å². The lowest BCUT2D eigenvalue weighted by Crippen LogP contribution is -2.32. The predicted molar refractivity (Wildman–Crippen MR) is 54.6 cm³/mol. The van der Waals surface area contributed by atoms with E-state index in [-0.39, 0.29) is 0 Å². The normalized spacial score (nSPS) is 15.1. The van der Waals surface area contributed by atoms with Gasteiger partial charge in [-0.1, -0.05) is 12.1 Å². The third kappa shape index (κ3) is 1.37. The topological polar surface area (TPSA) is 12.5 Å². The highest BCUT2D eigenvalue weighted by molar-refractivity contribution is 5.64. The van der Waals surface area contributed by atoms with E-state index in [0.717, 1.165) is 25.4 Å². The zero-order valence-corrected chi connectivity index (χ0v) is 8.21. The van der Waals surface area contributed by atoms with Crippen molar-refractivity contribution in [1.82, 2.24) is 0 Å². The van der Waals surface area contributed by atoms with Gasteiger partial charge in [0.25, 0.3) is 0 Å². The van der Waals surface area contributed by atoms with E-state index in [1.165, 1.54) is 11.3 Å². The van der Waals surface area contributed by atoms with Crippen molar-refractivity contribution in [2.45, 2.75) is 13.8 Å². The maximum absolute atomic E-state index is 5.59.